The van der Waals surface area contributed by atoms with Crippen molar-refractivity contribution in [3.8, 4) is 0 Å². The molecule has 5 nitrogen and oxygen atoms in total. The van der Waals surface area contributed by atoms with Crippen LogP contribution < -0.4 is 5.73 Å². The van der Waals surface area contributed by atoms with Crippen molar-refractivity contribution in [2.75, 3.05) is 18.9 Å². The fourth-order valence-electron chi connectivity index (χ4n) is 1.78. The zero-order valence-corrected chi connectivity index (χ0v) is 13.7. The van der Waals surface area contributed by atoms with E-state index in [-0.39, 0.29) is 34.2 Å². The summed E-state index contributed by atoms with van der Waals surface area (Å²) in [6.45, 7) is 3.51. The molecule has 0 saturated heterocycles. The molecule has 0 fully saturated rings. The molecule has 114 valence electrons. The summed E-state index contributed by atoms with van der Waals surface area (Å²) < 4.78 is 39.8. The number of aliphatic hydroxyl groups excluding tert-OH is 1. The van der Waals surface area contributed by atoms with Crippen LogP contribution in [0.25, 0.3) is 0 Å². The van der Waals surface area contributed by atoms with E-state index in [1.165, 1.54) is 4.31 Å². The molecule has 0 radical (unpaired) electrons. The lowest BCUT2D eigenvalue weighted by molar-refractivity contribution is 0.258. The van der Waals surface area contributed by atoms with Crippen LogP contribution in [0.2, 0.25) is 0 Å². The van der Waals surface area contributed by atoms with E-state index in [4.69, 9.17) is 10.8 Å². The summed E-state index contributed by atoms with van der Waals surface area (Å²) in [6, 6.07) is 1.84. The average Bonchev–Trinajstić information content (AvgIpc) is 2.33. The lowest BCUT2D eigenvalue weighted by Crippen LogP contribution is -2.38. The highest BCUT2D eigenvalue weighted by Gasteiger charge is 2.29. The molecule has 1 aromatic carbocycles. The molecule has 0 bridgehead atoms. The second-order valence-corrected chi connectivity index (χ2v) is 7.30. The Morgan fingerprint density at radius 3 is 2.55 bits per heavy atom. The van der Waals surface area contributed by atoms with Crippen LogP contribution >= 0.6 is 15.9 Å². The second kappa shape index (κ2) is 6.84. The fourth-order valence-corrected chi connectivity index (χ4v) is 4.07. The molecule has 0 heterocycles. The summed E-state index contributed by atoms with van der Waals surface area (Å²) in [7, 11) is -3.84. The third-order valence-corrected chi connectivity index (χ3v) is 5.49. The summed E-state index contributed by atoms with van der Waals surface area (Å²) in [5.41, 5.74) is 5.49. The molecule has 8 heteroatoms. The molecule has 0 spiro atoms. The van der Waals surface area contributed by atoms with Crippen molar-refractivity contribution in [2.45, 2.75) is 31.2 Å². The van der Waals surface area contributed by atoms with E-state index in [0.717, 1.165) is 12.1 Å². The number of halogens is 2. The number of nitrogens with two attached hydrogens (primary N) is 1. The molecule has 0 unspecified atom stereocenters. The van der Waals surface area contributed by atoms with Crippen LogP contribution in [0.3, 0.4) is 0 Å². The molecular weight excluding hydrogens is 351 g/mol. The number of benzene rings is 1. The van der Waals surface area contributed by atoms with Crippen molar-refractivity contribution in [3.63, 3.8) is 0 Å². The number of nitrogen functional groups attached to an aromatic ring is 1. The standard InChI is InChI=1S/C12H18BrFN2O3S/c1-8(2)16(4-3-5-17)20(18,19)12-6-9(13)10(14)7-11(12)15/h6-8,17H,3-5,15H2,1-2H3. The number of nitrogens with zero attached hydrogens (tertiary/aromatic N) is 1. The van der Waals surface area contributed by atoms with Crippen molar-refractivity contribution in [1.82, 2.24) is 4.31 Å². The van der Waals surface area contributed by atoms with Gasteiger partial charge in [0.2, 0.25) is 10.0 Å². The minimum Gasteiger partial charge on any atom is -0.398 e. The predicted molar refractivity (Wildman–Crippen MR) is 79.2 cm³/mol. The van der Waals surface area contributed by atoms with Gasteiger partial charge in [-0.2, -0.15) is 4.31 Å². The Hall–Kier alpha value is -0.700. The van der Waals surface area contributed by atoms with Gasteiger partial charge in [-0.3, -0.25) is 0 Å². The van der Waals surface area contributed by atoms with Gasteiger partial charge in [-0.15, -0.1) is 0 Å². The zero-order chi connectivity index (χ0) is 15.5. The van der Waals surface area contributed by atoms with Gasteiger partial charge in [0.1, 0.15) is 10.7 Å². The van der Waals surface area contributed by atoms with Crippen LogP contribution in [-0.4, -0.2) is 37.0 Å². The maximum atomic E-state index is 13.3. The second-order valence-electron chi connectivity index (χ2n) is 4.59. The van der Waals surface area contributed by atoms with E-state index in [9.17, 15) is 12.8 Å². The van der Waals surface area contributed by atoms with Gasteiger partial charge in [-0.1, -0.05) is 0 Å². The summed E-state index contributed by atoms with van der Waals surface area (Å²) in [5, 5.41) is 8.87. The predicted octanol–water partition coefficient (Wildman–Crippen LogP) is 1.95. The summed E-state index contributed by atoms with van der Waals surface area (Å²) >= 11 is 2.96. The van der Waals surface area contributed by atoms with Gasteiger partial charge in [-0.25, -0.2) is 12.8 Å². The first kappa shape index (κ1) is 17.4. The maximum Gasteiger partial charge on any atom is 0.245 e. The number of rotatable bonds is 6. The highest BCUT2D eigenvalue weighted by molar-refractivity contribution is 9.10. The molecule has 0 saturated carbocycles. The Morgan fingerprint density at radius 2 is 2.05 bits per heavy atom. The Balaban J connectivity index is 3.29. The summed E-state index contributed by atoms with van der Waals surface area (Å²) in [6.07, 6.45) is 0.319. The molecule has 20 heavy (non-hydrogen) atoms. The van der Waals surface area contributed by atoms with Crippen LogP contribution in [0.5, 0.6) is 0 Å². The minimum atomic E-state index is -3.84. The largest absolute Gasteiger partial charge is 0.398 e. The fraction of sp³-hybridized carbons (Fsp3) is 0.500. The third-order valence-electron chi connectivity index (χ3n) is 2.75. The van der Waals surface area contributed by atoms with E-state index in [2.05, 4.69) is 15.9 Å². The van der Waals surface area contributed by atoms with Crippen LogP contribution in [0, 0.1) is 5.82 Å². The van der Waals surface area contributed by atoms with Crippen molar-refractivity contribution in [1.29, 1.82) is 0 Å². The minimum absolute atomic E-state index is 0.0381. The molecule has 3 N–H and O–H groups in total. The monoisotopic (exact) mass is 368 g/mol. The number of hydrogen-bond acceptors (Lipinski definition) is 4. The number of aliphatic hydroxyl groups is 1. The Morgan fingerprint density at radius 1 is 1.45 bits per heavy atom. The van der Waals surface area contributed by atoms with E-state index in [1.807, 2.05) is 0 Å². The number of hydrogen-bond donors (Lipinski definition) is 2. The van der Waals surface area contributed by atoms with Crippen LogP contribution in [-0.2, 0) is 10.0 Å². The number of sulfonamides is 1. The first-order valence-electron chi connectivity index (χ1n) is 6.09. The van der Waals surface area contributed by atoms with Gasteiger partial charge in [0, 0.05) is 19.2 Å². The molecule has 0 aliphatic heterocycles. The third kappa shape index (κ3) is 3.69. The smallest absolute Gasteiger partial charge is 0.245 e. The Labute approximate surface area is 126 Å². The zero-order valence-electron chi connectivity index (χ0n) is 11.3. The molecule has 0 amide bonds. The molecule has 0 aliphatic rings. The van der Waals surface area contributed by atoms with Gasteiger partial charge in [0.15, 0.2) is 0 Å². The molecule has 0 aromatic heterocycles. The SMILES string of the molecule is CC(C)N(CCCO)S(=O)(=O)c1cc(Br)c(F)cc1N. The highest BCUT2D eigenvalue weighted by Crippen LogP contribution is 2.29. The molecular formula is C12H18BrFN2O3S. The Bertz CT molecular complexity index is 578. The summed E-state index contributed by atoms with van der Waals surface area (Å²) in [5.74, 6) is -0.618. The van der Waals surface area contributed by atoms with E-state index in [0.29, 0.717) is 6.42 Å². The van der Waals surface area contributed by atoms with Crippen LogP contribution in [0.1, 0.15) is 20.3 Å². The van der Waals surface area contributed by atoms with Crippen molar-refractivity contribution in [3.05, 3.63) is 22.4 Å². The number of anilines is 1. The quantitative estimate of drug-likeness (QED) is 0.751. The van der Waals surface area contributed by atoms with Crippen molar-refractivity contribution in [2.24, 2.45) is 0 Å². The normalized spacial score (nSPS) is 12.3. The van der Waals surface area contributed by atoms with Gasteiger partial charge < -0.3 is 10.8 Å². The van der Waals surface area contributed by atoms with Crippen LogP contribution in [0.4, 0.5) is 10.1 Å². The average molecular weight is 369 g/mol. The van der Waals surface area contributed by atoms with Gasteiger partial charge in [-0.05, 0) is 48.3 Å². The van der Waals surface area contributed by atoms with E-state index < -0.39 is 15.8 Å². The lowest BCUT2D eigenvalue weighted by atomic mass is 10.3. The van der Waals surface area contributed by atoms with Crippen LogP contribution in [0.15, 0.2) is 21.5 Å². The highest BCUT2D eigenvalue weighted by atomic mass is 79.9. The first-order valence-corrected chi connectivity index (χ1v) is 8.32. The van der Waals surface area contributed by atoms with Gasteiger partial charge in [0.05, 0.1) is 10.2 Å². The van der Waals surface area contributed by atoms with Crippen molar-refractivity contribution >= 4 is 31.6 Å². The van der Waals surface area contributed by atoms with Gasteiger partial charge >= 0.3 is 0 Å². The maximum absolute atomic E-state index is 13.3. The van der Waals surface area contributed by atoms with E-state index >= 15 is 0 Å². The molecule has 1 rings (SSSR count). The van der Waals surface area contributed by atoms with Gasteiger partial charge in [0.25, 0.3) is 0 Å². The molecule has 0 atom stereocenters. The topological polar surface area (TPSA) is 83.6 Å². The summed E-state index contributed by atoms with van der Waals surface area (Å²) in [4.78, 5) is -0.141. The Kier molecular flexibility index (Phi) is 5.93. The first-order chi connectivity index (χ1) is 9.21. The lowest BCUT2D eigenvalue weighted by Gasteiger charge is -2.26. The van der Waals surface area contributed by atoms with Crippen molar-refractivity contribution < 1.29 is 17.9 Å². The molecule has 1 aromatic rings. The molecule has 0 aliphatic carbocycles. The van der Waals surface area contributed by atoms with E-state index in [1.54, 1.807) is 13.8 Å².